The maximum absolute atomic E-state index is 12.6. The third-order valence-corrected chi connectivity index (χ3v) is 5.74. The van der Waals surface area contributed by atoms with Gasteiger partial charge in [-0.1, -0.05) is 66.2 Å². The van der Waals surface area contributed by atoms with Gasteiger partial charge < -0.3 is 4.98 Å². The molecule has 1 aliphatic carbocycles. The van der Waals surface area contributed by atoms with Crippen LogP contribution in [0.5, 0.6) is 0 Å². The number of aromatic nitrogens is 2. The molecule has 0 bridgehead atoms. The Morgan fingerprint density at radius 3 is 2.43 bits per heavy atom. The smallest absolute Gasteiger partial charge is 0.307 e. The standard InChI is InChI=1S/C23H21ClN2O2/c24-20-9-5-4-8-18(20)14-19-21(25-23(28)26-22(19)27)17-12-10-16(11-13-17)15-6-2-1-3-7-15/h1-9,12,16H,10-11,13-14H2,(H2,25,26,27,28). The molecule has 1 unspecified atom stereocenters. The molecule has 5 heteroatoms. The van der Waals surface area contributed by atoms with Crippen LogP contribution in [0.25, 0.3) is 5.57 Å². The van der Waals surface area contributed by atoms with Crippen LogP contribution in [0, 0.1) is 0 Å². The third kappa shape index (κ3) is 3.87. The number of hydrogen-bond donors (Lipinski definition) is 2. The maximum atomic E-state index is 12.6. The van der Waals surface area contributed by atoms with Gasteiger partial charge in [-0.3, -0.25) is 9.78 Å². The predicted molar refractivity (Wildman–Crippen MR) is 113 cm³/mol. The highest BCUT2D eigenvalue weighted by molar-refractivity contribution is 6.31. The number of halogens is 1. The summed E-state index contributed by atoms with van der Waals surface area (Å²) in [6.45, 7) is 0. The van der Waals surface area contributed by atoms with Gasteiger partial charge in [0, 0.05) is 17.0 Å². The lowest BCUT2D eigenvalue weighted by Gasteiger charge is -2.23. The highest BCUT2D eigenvalue weighted by atomic mass is 35.5. The summed E-state index contributed by atoms with van der Waals surface area (Å²) < 4.78 is 0. The number of nitrogens with one attached hydrogen (secondary N) is 2. The summed E-state index contributed by atoms with van der Waals surface area (Å²) in [5.41, 5.74) is 3.57. The van der Waals surface area contributed by atoms with Crippen molar-refractivity contribution in [2.45, 2.75) is 31.6 Å². The molecule has 0 radical (unpaired) electrons. The first-order valence-corrected chi connectivity index (χ1v) is 9.83. The molecular formula is C23H21ClN2O2. The Balaban J connectivity index is 1.68. The van der Waals surface area contributed by atoms with E-state index in [2.05, 4.69) is 40.3 Å². The minimum atomic E-state index is -0.478. The van der Waals surface area contributed by atoms with E-state index in [-0.39, 0.29) is 5.56 Å². The van der Waals surface area contributed by atoms with Gasteiger partial charge in [0.2, 0.25) is 0 Å². The zero-order valence-electron chi connectivity index (χ0n) is 15.4. The molecule has 1 heterocycles. The van der Waals surface area contributed by atoms with Crippen LogP contribution >= 0.6 is 11.6 Å². The van der Waals surface area contributed by atoms with Gasteiger partial charge in [0.05, 0.1) is 5.69 Å². The molecule has 1 atom stereocenters. The van der Waals surface area contributed by atoms with Gasteiger partial charge in [-0.05, 0) is 47.9 Å². The second kappa shape index (κ2) is 8.03. The van der Waals surface area contributed by atoms with E-state index in [1.54, 1.807) is 6.07 Å². The summed E-state index contributed by atoms with van der Waals surface area (Å²) in [6, 6.07) is 17.9. The van der Waals surface area contributed by atoms with Crippen LogP contribution in [0.4, 0.5) is 0 Å². The van der Waals surface area contributed by atoms with E-state index < -0.39 is 5.69 Å². The van der Waals surface area contributed by atoms with Crippen LogP contribution in [0.15, 0.2) is 70.3 Å². The lowest BCUT2D eigenvalue weighted by atomic mass is 9.83. The van der Waals surface area contributed by atoms with E-state index in [1.807, 2.05) is 24.3 Å². The molecule has 4 nitrogen and oxygen atoms in total. The molecule has 2 N–H and O–H groups in total. The number of rotatable bonds is 4. The highest BCUT2D eigenvalue weighted by Crippen LogP contribution is 2.36. The molecule has 142 valence electrons. The minimum absolute atomic E-state index is 0.357. The Morgan fingerprint density at radius 2 is 1.71 bits per heavy atom. The van der Waals surface area contributed by atoms with E-state index in [1.165, 1.54) is 5.56 Å². The lowest BCUT2D eigenvalue weighted by Crippen LogP contribution is -2.28. The first-order chi connectivity index (χ1) is 13.6. The van der Waals surface area contributed by atoms with Crippen LogP contribution in [0.2, 0.25) is 5.02 Å². The van der Waals surface area contributed by atoms with Crippen molar-refractivity contribution in [3.8, 4) is 0 Å². The zero-order chi connectivity index (χ0) is 19.5. The van der Waals surface area contributed by atoms with E-state index in [0.29, 0.717) is 28.6 Å². The SMILES string of the molecule is O=c1[nH]c(C2=CCC(c3ccccc3)CC2)c(Cc2ccccc2Cl)c(=O)[nH]1. The average Bonchev–Trinajstić information content (AvgIpc) is 2.72. The molecule has 0 aliphatic heterocycles. The molecule has 0 spiro atoms. The molecule has 28 heavy (non-hydrogen) atoms. The van der Waals surface area contributed by atoms with Gasteiger partial charge in [0.1, 0.15) is 0 Å². The summed E-state index contributed by atoms with van der Waals surface area (Å²) in [5.74, 6) is 0.464. The first-order valence-electron chi connectivity index (χ1n) is 9.45. The maximum Gasteiger partial charge on any atom is 0.326 e. The molecule has 1 aromatic heterocycles. The molecule has 2 aromatic carbocycles. The summed E-state index contributed by atoms with van der Waals surface area (Å²) in [7, 11) is 0. The second-order valence-corrected chi connectivity index (χ2v) is 7.55. The van der Waals surface area contributed by atoms with Gasteiger partial charge in [-0.2, -0.15) is 0 Å². The third-order valence-electron chi connectivity index (χ3n) is 5.37. The number of H-pyrrole nitrogens is 2. The molecule has 0 saturated heterocycles. The second-order valence-electron chi connectivity index (χ2n) is 7.14. The fourth-order valence-corrected chi connectivity index (χ4v) is 4.08. The average molecular weight is 393 g/mol. The van der Waals surface area contributed by atoms with Crippen molar-refractivity contribution in [2.75, 3.05) is 0 Å². The van der Waals surface area contributed by atoms with Crippen LogP contribution in [-0.2, 0) is 6.42 Å². The Bertz CT molecular complexity index is 1130. The van der Waals surface area contributed by atoms with Crippen molar-refractivity contribution in [2.24, 2.45) is 0 Å². The minimum Gasteiger partial charge on any atom is -0.307 e. The van der Waals surface area contributed by atoms with E-state index in [4.69, 9.17) is 11.6 Å². The fourth-order valence-electron chi connectivity index (χ4n) is 3.88. The van der Waals surface area contributed by atoms with Crippen molar-refractivity contribution < 1.29 is 0 Å². The van der Waals surface area contributed by atoms with E-state index >= 15 is 0 Å². The Morgan fingerprint density at radius 1 is 0.964 bits per heavy atom. The summed E-state index contributed by atoms with van der Waals surface area (Å²) in [5, 5.41) is 0.612. The number of allylic oxidation sites excluding steroid dienone is 2. The first kappa shape index (κ1) is 18.5. The molecule has 4 rings (SSSR count). The molecule has 0 saturated carbocycles. The quantitative estimate of drug-likeness (QED) is 0.678. The van der Waals surface area contributed by atoms with Crippen LogP contribution in [-0.4, -0.2) is 9.97 Å². The zero-order valence-corrected chi connectivity index (χ0v) is 16.1. The summed E-state index contributed by atoms with van der Waals surface area (Å²) >= 11 is 6.28. The van der Waals surface area contributed by atoms with E-state index in [9.17, 15) is 9.59 Å². The van der Waals surface area contributed by atoms with Crippen molar-refractivity contribution in [3.63, 3.8) is 0 Å². The van der Waals surface area contributed by atoms with Crippen molar-refractivity contribution >= 4 is 17.2 Å². The molecular weight excluding hydrogens is 372 g/mol. The normalized spacial score (nSPS) is 16.6. The lowest BCUT2D eigenvalue weighted by molar-refractivity contribution is 0.624. The van der Waals surface area contributed by atoms with Gasteiger partial charge in [-0.15, -0.1) is 0 Å². The van der Waals surface area contributed by atoms with E-state index in [0.717, 1.165) is 30.4 Å². The van der Waals surface area contributed by atoms with Crippen molar-refractivity contribution in [3.05, 3.63) is 109 Å². The van der Waals surface area contributed by atoms with Crippen LogP contribution in [0.1, 0.15) is 47.6 Å². The predicted octanol–water partition coefficient (Wildman–Crippen LogP) is 4.66. The van der Waals surface area contributed by atoms with Crippen molar-refractivity contribution in [1.29, 1.82) is 0 Å². The Labute approximate surface area is 167 Å². The Kier molecular flexibility index (Phi) is 5.31. The molecule has 1 aliphatic rings. The van der Waals surface area contributed by atoms with Gasteiger partial charge in [0.25, 0.3) is 5.56 Å². The molecule has 0 fully saturated rings. The van der Waals surface area contributed by atoms with Gasteiger partial charge >= 0.3 is 5.69 Å². The fraction of sp³-hybridized carbons (Fsp3) is 0.217. The topological polar surface area (TPSA) is 65.7 Å². The largest absolute Gasteiger partial charge is 0.326 e. The number of aromatic amines is 2. The van der Waals surface area contributed by atoms with Crippen LogP contribution < -0.4 is 11.2 Å². The number of hydrogen-bond acceptors (Lipinski definition) is 2. The monoisotopic (exact) mass is 392 g/mol. The van der Waals surface area contributed by atoms with Gasteiger partial charge in [0.15, 0.2) is 0 Å². The van der Waals surface area contributed by atoms with Crippen LogP contribution in [0.3, 0.4) is 0 Å². The van der Waals surface area contributed by atoms with Gasteiger partial charge in [-0.25, -0.2) is 4.79 Å². The molecule has 3 aromatic rings. The Hall–Kier alpha value is -2.85. The summed E-state index contributed by atoms with van der Waals surface area (Å²) in [6.07, 6.45) is 5.22. The molecule has 0 amide bonds. The highest BCUT2D eigenvalue weighted by Gasteiger charge is 2.21. The summed E-state index contributed by atoms with van der Waals surface area (Å²) in [4.78, 5) is 29.7. The number of benzene rings is 2. The van der Waals surface area contributed by atoms with Crippen molar-refractivity contribution in [1.82, 2.24) is 9.97 Å².